The predicted molar refractivity (Wildman–Crippen MR) is 165 cm³/mol. The molecule has 0 spiro atoms. The van der Waals surface area contributed by atoms with Crippen LogP contribution in [0.2, 0.25) is 0 Å². The summed E-state index contributed by atoms with van der Waals surface area (Å²) in [6, 6.07) is 25.9. The minimum Gasteiger partial charge on any atom is -0.455 e. The monoisotopic (exact) mass is 517 g/mol. The van der Waals surface area contributed by atoms with E-state index in [9.17, 15) is 0 Å². The molecule has 6 aromatic rings. The van der Waals surface area contributed by atoms with Crippen molar-refractivity contribution in [1.82, 2.24) is 4.98 Å². The van der Waals surface area contributed by atoms with Gasteiger partial charge in [0.1, 0.15) is 11.2 Å². The molecule has 0 radical (unpaired) electrons. The number of nitrogens with zero attached hydrogens (tertiary/aromatic N) is 1. The number of rotatable bonds is 4. The van der Waals surface area contributed by atoms with Crippen molar-refractivity contribution in [2.75, 3.05) is 0 Å². The Labute approximate surface area is 242 Å². The second-order valence-electron chi connectivity index (χ2n) is 11.1. The molecule has 0 aliphatic heterocycles. The summed E-state index contributed by atoms with van der Waals surface area (Å²) in [6.45, 7) is 2.04. The fourth-order valence-corrected chi connectivity index (χ4v) is 5.10. The standard InChI is InChI=1S/C37H35NO/c1-23-13-16-27(17-14-23)29-9-7-10-30-31-11-8-12-32(36(31)39-35(29)30)34-20-33(25(3)22-38-34)28-18-15-26(19-24(28)2)21-37(4,5)6/h7-20,22H,21H2,1-6H3/i2D3,3D3,21D2. The first-order valence-corrected chi connectivity index (χ1v) is 13.1. The number of fused-ring (bicyclic) bond motifs is 3. The van der Waals surface area contributed by atoms with E-state index < -0.39 is 25.5 Å². The van der Waals surface area contributed by atoms with Crippen molar-refractivity contribution in [3.63, 3.8) is 0 Å². The van der Waals surface area contributed by atoms with E-state index >= 15 is 0 Å². The molecule has 0 fully saturated rings. The Hall–Kier alpha value is -4.17. The molecule has 0 aliphatic carbocycles. The number of hydrogen-bond donors (Lipinski definition) is 0. The zero-order valence-corrected chi connectivity index (χ0v) is 22.5. The molecule has 194 valence electrons. The SMILES string of the molecule is [2H]C([2H])([2H])c1cnc(-c2cccc3c2oc2c(-c4ccc(C)cc4)cccc23)cc1-c1ccc(C([2H])([2H])C(C)(C)C)cc1C([2H])([2H])[2H]. The van der Waals surface area contributed by atoms with Crippen LogP contribution in [0, 0.1) is 26.0 Å². The fraction of sp³-hybridized carbons (Fsp3) is 0.216. The number of aryl methyl sites for hydroxylation is 3. The quantitative estimate of drug-likeness (QED) is 0.232. The highest BCUT2D eigenvalue weighted by molar-refractivity contribution is 6.12. The van der Waals surface area contributed by atoms with Crippen molar-refractivity contribution < 1.29 is 15.4 Å². The normalized spacial score (nSPS) is 16.0. The number of pyridine rings is 1. The Morgan fingerprint density at radius 2 is 1.44 bits per heavy atom. The molecule has 4 aromatic carbocycles. The van der Waals surface area contributed by atoms with Gasteiger partial charge in [-0.1, -0.05) is 99.1 Å². The highest BCUT2D eigenvalue weighted by Gasteiger charge is 2.18. The lowest BCUT2D eigenvalue weighted by atomic mass is 9.86. The van der Waals surface area contributed by atoms with Gasteiger partial charge < -0.3 is 4.42 Å². The molecule has 0 atom stereocenters. The summed E-state index contributed by atoms with van der Waals surface area (Å²) in [5.41, 5.74) is 4.98. The largest absolute Gasteiger partial charge is 0.455 e. The van der Waals surface area contributed by atoms with Crippen LogP contribution in [-0.2, 0) is 6.37 Å². The van der Waals surface area contributed by atoms with Gasteiger partial charge in [0.25, 0.3) is 0 Å². The van der Waals surface area contributed by atoms with E-state index in [2.05, 4.69) is 29.2 Å². The Bertz CT molecular complexity index is 2130. The maximum absolute atomic E-state index is 8.76. The number of furan rings is 1. The third kappa shape index (κ3) is 4.76. The molecular formula is C37H35NO. The van der Waals surface area contributed by atoms with E-state index in [0.717, 1.165) is 27.5 Å². The van der Waals surface area contributed by atoms with Crippen molar-refractivity contribution in [3.05, 3.63) is 113 Å². The summed E-state index contributed by atoms with van der Waals surface area (Å²) in [5, 5.41) is 1.79. The van der Waals surface area contributed by atoms with Gasteiger partial charge in [-0.3, -0.25) is 4.98 Å². The van der Waals surface area contributed by atoms with Crippen molar-refractivity contribution in [3.8, 4) is 33.5 Å². The van der Waals surface area contributed by atoms with Gasteiger partial charge in [-0.15, -0.1) is 0 Å². The molecular weight excluding hydrogens is 474 g/mol. The Balaban J connectivity index is 1.59. The Kier molecular flexibility index (Phi) is 4.26. The lowest BCUT2D eigenvalue weighted by Crippen LogP contribution is -2.09. The summed E-state index contributed by atoms with van der Waals surface area (Å²) in [4.78, 5) is 4.57. The van der Waals surface area contributed by atoms with E-state index in [-0.39, 0.29) is 27.8 Å². The van der Waals surface area contributed by atoms with Crippen LogP contribution in [0.15, 0.2) is 95.5 Å². The van der Waals surface area contributed by atoms with Gasteiger partial charge in [-0.25, -0.2) is 0 Å². The lowest BCUT2D eigenvalue weighted by molar-refractivity contribution is 0.411. The minimum atomic E-state index is -2.65. The molecule has 0 saturated heterocycles. The zero-order valence-electron chi connectivity index (χ0n) is 30.5. The summed E-state index contributed by atoms with van der Waals surface area (Å²) in [6.07, 6.45) is -0.571. The van der Waals surface area contributed by atoms with Crippen molar-refractivity contribution in [2.24, 2.45) is 5.41 Å². The van der Waals surface area contributed by atoms with Crippen LogP contribution in [0.25, 0.3) is 55.4 Å². The molecule has 0 aliphatic rings. The van der Waals surface area contributed by atoms with Crippen LogP contribution in [0.4, 0.5) is 0 Å². The van der Waals surface area contributed by atoms with Gasteiger partial charge in [0, 0.05) is 39.1 Å². The topological polar surface area (TPSA) is 26.0 Å². The van der Waals surface area contributed by atoms with E-state index in [4.69, 9.17) is 15.4 Å². The third-order valence-corrected chi connectivity index (χ3v) is 6.90. The van der Waals surface area contributed by atoms with E-state index in [1.54, 1.807) is 32.9 Å². The summed E-state index contributed by atoms with van der Waals surface area (Å²) >= 11 is 0. The Morgan fingerprint density at radius 3 is 2.13 bits per heavy atom. The van der Waals surface area contributed by atoms with Gasteiger partial charge in [-0.2, -0.15) is 0 Å². The van der Waals surface area contributed by atoms with Crippen molar-refractivity contribution in [1.29, 1.82) is 0 Å². The number of benzene rings is 4. The number of para-hydroxylation sites is 2. The number of aromatic nitrogens is 1. The van der Waals surface area contributed by atoms with Gasteiger partial charge in [0.2, 0.25) is 0 Å². The average molecular weight is 518 g/mol. The molecule has 2 nitrogen and oxygen atoms in total. The molecule has 39 heavy (non-hydrogen) atoms. The second-order valence-corrected chi connectivity index (χ2v) is 11.1. The van der Waals surface area contributed by atoms with Crippen LogP contribution in [0.1, 0.15) is 54.0 Å². The van der Waals surface area contributed by atoms with Crippen LogP contribution in [0.3, 0.4) is 0 Å². The average Bonchev–Trinajstić information content (AvgIpc) is 3.39. The molecule has 2 heteroatoms. The smallest absolute Gasteiger partial charge is 0.144 e. The van der Waals surface area contributed by atoms with Crippen molar-refractivity contribution in [2.45, 2.75) is 47.8 Å². The zero-order chi connectivity index (χ0) is 34.1. The second kappa shape index (κ2) is 9.54. The molecule has 0 amide bonds. The van der Waals surface area contributed by atoms with Crippen LogP contribution < -0.4 is 0 Å². The first kappa shape index (κ1) is 17.4. The molecule has 2 heterocycles. The van der Waals surface area contributed by atoms with Gasteiger partial charge >= 0.3 is 0 Å². The highest BCUT2D eigenvalue weighted by atomic mass is 16.3. The van der Waals surface area contributed by atoms with Crippen molar-refractivity contribution >= 4 is 21.9 Å². The molecule has 2 aromatic heterocycles. The Morgan fingerprint density at radius 1 is 0.744 bits per heavy atom. The van der Waals surface area contributed by atoms with Crippen LogP contribution >= 0.6 is 0 Å². The van der Waals surface area contributed by atoms with E-state index in [1.165, 1.54) is 18.3 Å². The van der Waals surface area contributed by atoms with Crippen LogP contribution in [0.5, 0.6) is 0 Å². The van der Waals surface area contributed by atoms with Gasteiger partial charge in [0.15, 0.2) is 0 Å². The van der Waals surface area contributed by atoms with E-state index in [1.807, 2.05) is 43.3 Å². The minimum absolute atomic E-state index is 0.100. The van der Waals surface area contributed by atoms with E-state index in [0.29, 0.717) is 22.4 Å². The summed E-state index contributed by atoms with van der Waals surface area (Å²) in [5.74, 6) is 0. The first-order valence-electron chi connectivity index (χ1n) is 17.1. The summed E-state index contributed by atoms with van der Waals surface area (Å²) < 4.78 is 74.1. The third-order valence-electron chi connectivity index (χ3n) is 6.90. The summed E-state index contributed by atoms with van der Waals surface area (Å²) in [7, 11) is 0. The maximum Gasteiger partial charge on any atom is 0.144 e. The predicted octanol–water partition coefficient (Wildman–Crippen LogP) is 10.5. The molecule has 0 unspecified atom stereocenters. The highest BCUT2D eigenvalue weighted by Crippen LogP contribution is 2.40. The molecule has 0 N–H and O–H groups in total. The number of hydrogen-bond acceptors (Lipinski definition) is 2. The molecule has 0 bridgehead atoms. The lowest BCUT2D eigenvalue weighted by Gasteiger charge is -2.19. The first-order chi connectivity index (χ1) is 21.9. The van der Waals surface area contributed by atoms with Crippen LogP contribution in [-0.4, -0.2) is 4.98 Å². The molecule has 0 saturated carbocycles. The fourth-order valence-electron chi connectivity index (χ4n) is 5.10. The van der Waals surface area contributed by atoms with Gasteiger partial charge in [0.05, 0.1) is 5.69 Å². The maximum atomic E-state index is 8.76. The molecule has 6 rings (SSSR count). The van der Waals surface area contributed by atoms with Gasteiger partial charge in [-0.05, 0) is 77.9 Å².